The molecule has 0 amide bonds. The van der Waals surface area contributed by atoms with E-state index in [1.165, 1.54) is 0 Å². The fourth-order valence-corrected chi connectivity index (χ4v) is 1.00. The maximum Gasteiger partial charge on any atom is 0.150 e. The molecule has 0 atom stereocenters. The van der Waals surface area contributed by atoms with Crippen LogP contribution in [-0.4, -0.2) is 21.7 Å². The maximum atomic E-state index is 5.09. The molecule has 0 aliphatic heterocycles. The van der Waals surface area contributed by atoms with Crippen LogP contribution < -0.4 is 5.32 Å². The molecule has 0 saturated carbocycles. The zero-order valence-corrected chi connectivity index (χ0v) is 7.80. The summed E-state index contributed by atoms with van der Waals surface area (Å²) in [7, 11) is 0. The van der Waals surface area contributed by atoms with E-state index in [9.17, 15) is 0 Å². The van der Waals surface area contributed by atoms with Gasteiger partial charge in [0, 0.05) is 6.42 Å². The van der Waals surface area contributed by atoms with Crippen LogP contribution in [0.15, 0.2) is 0 Å². The quantitative estimate of drug-likeness (QED) is 0.509. The Bertz CT molecular complexity index is 284. The molecule has 0 aliphatic carbocycles. The monoisotopic (exact) mass is 178 g/mol. The molecule has 0 aliphatic rings. The molecule has 0 saturated heterocycles. The van der Waals surface area contributed by atoms with Gasteiger partial charge in [0.2, 0.25) is 0 Å². The standard InChI is InChI=1S/C9H14N4/c1-3-5-8-11-9(13-12-8)7-10-6-4-2/h2,10H,3,5-7H2,1H3,(H,11,12,13). The Morgan fingerprint density at radius 3 is 3.15 bits per heavy atom. The Kier molecular flexibility index (Phi) is 4.00. The summed E-state index contributed by atoms with van der Waals surface area (Å²) < 4.78 is 0. The lowest BCUT2D eigenvalue weighted by Crippen LogP contribution is -2.14. The number of aromatic amines is 1. The van der Waals surface area contributed by atoms with Gasteiger partial charge in [-0.25, -0.2) is 4.98 Å². The Morgan fingerprint density at radius 2 is 2.46 bits per heavy atom. The van der Waals surface area contributed by atoms with Crippen molar-refractivity contribution in [2.45, 2.75) is 26.3 Å². The zero-order chi connectivity index (χ0) is 9.52. The third kappa shape index (κ3) is 3.26. The average molecular weight is 178 g/mol. The molecule has 13 heavy (non-hydrogen) atoms. The Balaban J connectivity index is 2.36. The molecule has 0 bridgehead atoms. The van der Waals surface area contributed by atoms with E-state index in [1.807, 2.05) is 0 Å². The van der Waals surface area contributed by atoms with Crippen LogP contribution in [0.3, 0.4) is 0 Å². The topological polar surface area (TPSA) is 53.6 Å². The van der Waals surface area contributed by atoms with E-state index in [-0.39, 0.29) is 0 Å². The predicted molar refractivity (Wildman–Crippen MR) is 50.9 cm³/mol. The summed E-state index contributed by atoms with van der Waals surface area (Å²) >= 11 is 0. The van der Waals surface area contributed by atoms with Crippen LogP contribution in [0.1, 0.15) is 25.0 Å². The normalized spacial score (nSPS) is 9.85. The molecular formula is C9H14N4. The molecule has 70 valence electrons. The number of aromatic nitrogens is 3. The third-order valence-electron chi connectivity index (χ3n) is 1.57. The molecule has 0 fully saturated rings. The van der Waals surface area contributed by atoms with E-state index in [0.29, 0.717) is 13.1 Å². The summed E-state index contributed by atoms with van der Waals surface area (Å²) in [5.74, 6) is 4.22. The highest BCUT2D eigenvalue weighted by molar-refractivity contribution is 4.92. The van der Waals surface area contributed by atoms with Gasteiger partial charge in [-0.1, -0.05) is 12.8 Å². The first-order chi connectivity index (χ1) is 6.36. The van der Waals surface area contributed by atoms with Gasteiger partial charge in [0.1, 0.15) is 5.82 Å². The lowest BCUT2D eigenvalue weighted by molar-refractivity contribution is 0.726. The molecule has 0 unspecified atom stereocenters. The van der Waals surface area contributed by atoms with E-state index in [4.69, 9.17) is 6.42 Å². The van der Waals surface area contributed by atoms with Crippen molar-refractivity contribution in [1.29, 1.82) is 0 Å². The van der Waals surface area contributed by atoms with E-state index in [2.05, 4.69) is 33.3 Å². The van der Waals surface area contributed by atoms with Gasteiger partial charge in [-0.15, -0.1) is 6.42 Å². The Hall–Kier alpha value is -1.34. The largest absolute Gasteiger partial charge is 0.299 e. The first-order valence-corrected chi connectivity index (χ1v) is 4.41. The van der Waals surface area contributed by atoms with Gasteiger partial charge in [-0.3, -0.25) is 10.4 Å². The molecule has 1 heterocycles. The third-order valence-corrected chi connectivity index (χ3v) is 1.57. The van der Waals surface area contributed by atoms with Crippen LogP contribution in [0.2, 0.25) is 0 Å². The van der Waals surface area contributed by atoms with Gasteiger partial charge in [0.25, 0.3) is 0 Å². The van der Waals surface area contributed by atoms with Gasteiger partial charge in [0.05, 0.1) is 13.1 Å². The van der Waals surface area contributed by atoms with E-state index < -0.39 is 0 Å². The van der Waals surface area contributed by atoms with E-state index in [1.54, 1.807) is 0 Å². The summed E-state index contributed by atoms with van der Waals surface area (Å²) in [4.78, 5) is 4.27. The SMILES string of the molecule is C#CCNCc1nc(CCC)n[nH]1. The average Bonchev–Trinajstić information content (AvgIpc) is 2.54. The van der Waals surface area contributed by atoms with Crippen LogP contribution >= 0.6 is 0 Å². The molecule has 4 heteroatoms. The number of nitrogens with zero attached hydrogens (tertiary/aromatic N) is 2. The van der Waals surface area contributed by atoms with Crippen LogP contribution in [0.4, 0.5) is 0 Å². The smallest absolute Gasteiger partial charge is 0.150 e. The second-order valence-corrected chi connectivity index (χ2v) is 2.76. The van der Waals surface area contributed by atoms with Crippen LogP contribution in [0, 0.1) is 12.3 Å². The number of aryl methyl sites for hydroxylation is 1. The lowest BCUT2D eigenvalue weighted by Gasteiger charge is -1.93. The van der Waals surface area contributed by atoms with Crippen molar-refractivity contribution in [3.05, 3.63) is 11.6 Å². The molecule has 0 aromatic carbocycles. The van der Waals surface area contributed by atoms with E-state index >= 15 is 0 Å². The maximum absolute atomic E-state index is 5.09. The van der Waals surface area contributed by atoms with Gasteiger partial charge in [-0.05, 0) is 6.42 Å². The molecule has 4 nitrogen and oxygen atoms in total. The van der Waals surface area contributed by atoms with Gasteiger partial charge in [0.15, 0.2) is 5.82 Å². The van der Waals surface area contributed by atoms with Crippen molar-refractivity contribution in [1.82, 2.24) is 20.5 Å². The van der Waals surface area contributed by atoms with Crippen molar-refractivity contribution in [3.63, 3.8) is 0 Å². The Morgan fingerprint density at radius 1 is 1.62 bits per heavy atom. The van der Waals surface area contributed by atoms with Gasteiger partial charge >= 0.3 is 0 Å². The number of H-pyrrole nitrogens is 1. The summed E-state index contributed by atoms with van der Waals surface area (Å²) in [5.41, 5.74) is 0. The van der Waals surface area contributed by atoms with Crippen molar-refractivity contribution in [2.24, 2.45) is 0 Å². The number of nitrogens with one attached hydrogen (secondary N) is 2. The first-order valence-electron chi connectivity index (χ1n) is 4.41. The summed E-state index contributed by atoms with van der Waals surface area (Å²) in [6.45, 7) is 3.32. The highest BCUT2D eigenvalue weighted by Crippen LogP contribution is 1.95. The summed E-state index contributed by atoms with van der Waals surface area (Å²) in [5, 5.41) is 9.95. The summed E-state index contributed by atoms with van der Waals surface area (Å²) in [6.07, 6.45) is 7.07. The first kappa shape index (κ1) is 9.75. The lowest BCUT2D eigenvalue weighted by atomic mass is 10.3. The van der Waals surface area contributed by atoms with Crippen LogP contribution in [0.5, 0.6) is 0 Å². The molecule has 2 N–H and O–H groups in total. The molecular weight excluding hydrogens is 164 g/mol. The van der Waals surface area contributed by atoms with Crippen LogP contribution in [-0.2, 0) is 13.0 Å². The van der Waals surface area contributed by atoms with E-state index in [0.717, 1.165) is 24.5 Å². The second-order valence-electron chi connectivity index (χ2n) is 2.76. The van der Waals surface area contributed by atoms with Crippen LogP contribution in [0.25, 0.3) is 0 Å². The number of rotatable bonds is 5. The fraction of sp³-hybridized carbons (Fsp3) is 0.556. The highest BCUT2D eigenvalue weighted by Gasteiger charge is 2.00. The molecule has 1 aromatic rings. The Labute approximate surface area is 78.2 Å². The van der Waals surface area contributed by atoms with Crippen molar-refractivity contribution < 1.29 is 0 Å². The van der Waals surface area contributed by atoms with Gasteiger partial charge < -0.3 is 0 Å². The minimum Gasteiger partial charge on any atom is -0.299 e. The fourth-order valence-electron chi connectivity index (χ4n) is 1.00. The minimum atomic E-state index is 0.559. The zero-order valence-electron chi connectivity index (χ0n) is 7.80. The number of hydrogen-bond acceptors (Lipinski definition) is 3. The van der Waals surface area contributed by atoms with Crippen molar-refractivity contribution in [2.75, 3.05) is 6.54 Å². The molecule has 1 rings (SSSR count). The molecule has 0 spiro atoms. The minimum absolute atomic E-state index is 0.559. The summed E-state index contributed by atoms with van der Waals surface area (Å²) in [6, 6.07) is 0. The second kappa shape index (κ2) is 5.33. The van der Waals surface area contributed by atoms with Crippen molar-refractivity contribution in [3.8, 4) is 12.3 Å². The molecule has 0 radical (unpaired) electrons. The number of terminal acetylenes is 1. The van der Waals surface area contributed by atoms with Gasteiger partial charge in [-0.2, -0.15) is 5.10 Å². The molecule has 1 aromatic heterocycles. The predicted octanol–water partition coefficient (Wildman–Crippen LogP) is 0.480. The number of hydrogen-bond donors (Lipinski definition) is 2. The highest BCUT2D eigenvalue weighted by atomic mass is 15.2. The van der Waals surface area contributed by atoms with Crippen molar-refractivity contribution >= 4 is 0 Å².